The van der Waals surface area contributed by atoms with Crippen LogP contribution in [0.5, 0.6) is 0 Å². The van der Waals surface area contributed by atoms with Gasteiger partial charge in [0.25, 0.3) is 5.91 Å². The van der Waals surface area contributed by atoms with E-state index in [4.69, 9.17) is 0 Å². The predicted molar refractivity (Wildman–Crippen MR) is 63.9 cm³/mol. The van der Waals surface area contributed by atoms with Crippen LogP contribution in [0.1, 0.15) is 17.3 Å². The number of aliphatic imine (C=N–C) groups is 1. The summed E-state index contributed by atoms with van der Waals surface area (Å²) in [5.41, 5.74) is 2.36. The molecule has 1 heterocycles. The number of hydrogen-bond donors (Lipinski definition) is 0. The van der Waals surface area contributed by atoms with Crippen molar-refractivity contribution in [2.75, 3.05) is 13.6 Å². The fourth-order valence-electron chi connectivity index (χ4n) is 1.64. The number of halogens is 1. The van der Waals surface area contributed by atoms with E-state index in [1.165, 1.54) is 0 Å². The Hall–Kier alpha value is -1.16. The molecular formula is C11H11BrN2O. The molecule has 0 atom stereocenters. The largest absolute Gasteiger partial charge is 0.336 e. The molecule has 3 nitrogen and oxygen atoms in total. The standard InChI is InChI=1S/C11H11BrN2O/c1-7-6-14(2)11(15)9-5-8(12)3-4-10(9)13-7/h3-5H,6H2,1-2H3. The molecule has 2 rings (SSSR count). The molecule has 0 saturated heterocycles. The van der Waals surface area contributed by atoms with Gasteiger partial charge in [0.1, 0.15) is 0 Å². The highest BCUT2D eigenvalue weighted by molar-refractivity contribution is 9.10. The first-order valence-electron chi connectivity index (χ1n) is 4.67. The number of carbonyl (C=O) groups is 1. The molecule has 1 amide bonds. The predicted octanol–water partition coefficient (Wildman–Crippen LogP) is 2.63. The van der Waals surface area contributed by atoms with Gasteiger partial charge in [0.15, 0.2) is 0 Å². The molecule has 0 fully saturated rings. The molecule has 78 valence electrons. The van der Waals surface area contributed by atoms with Crippen molar-refractivity contribution in [1.82, 2.24) is 4.90 Å². The highest BCUT2D eigenvalue weighted by atomic mass is 79.9. The van der Waals surface area contributed by atoms with Crippen molar-refractivity contribution in [3.8, 4) is 0 Å². The van der Waals surface area contributed by atoms with Crippen LogP contribution in [0.15, 0.2) is 27.7 Å². The van der Waals surface area contributed by atoms with Gasteiger partial charge in [0.2, 0.25) is 0 Å². The highest BCUT2D eigenvalue weighted by Crippen LogP contribution is 2.26. The van der Waals surface area contributed by atoms with Crippen molar-refractivity contribution < 1.29 is 4.79 Å². The van der Waals surface area contributed by atoms with Gasteiger partial charge in [-0.15, -0.1) is 0 Å². The van der Waals surface area contributed by atoms with Crippen LogP contribution in [-0.2, 0) is 0 Å². The van der Waals surface area contributed by atoms with Crippen LogP contribution in [-0.4, -0.2) is 30.1 Å². The van der Waals surface area contributed by atoms with Crippen LogP contribution in [0.3, 0.4) is 0 Å². The van der Waals surface area contributed by atoms with Crippen molar-refractivity contribution in [3.63, 3.8) is 0 Å². The molecule has 1 aliphatic rings. The fraction of sp³-hybridized carbons (Fsp3) is 0.273. The molecule has 1 aromatic carbocycles. The van der Waals surface area contributed by atoms with E-state index in [0.29, 0.717) is 12.1 Å². The third-order valence-electron chi connectivity index (χ3n) is 2.31. The van der Waals surface area contributed by atoms with Crippen LogP contribution in [0.4, 0.5) is 5.69 Å². The van der Waals surface area contributed by atoms with Gasteiger partial charge in [-0.1, -0.05) is 15.9 Å². The second-order valence-electron chi connectivity index (χ2n) is 3.67. The smallest absolute Gasteiger partial charge is 0.256 e. The number of rotatable bonds is 0. The molecule has 0 N–H and O–H groups in total. The number of carbonyl (C=O) groups excluding carboxylic acids is 1. The van der Waals surface area contributed by atoms with Gasteiger partial charge >= 0.3 is 0 Å². The average molecular weight is 267 g/mol. The molecule has 0 saturated carbocycles. The zero-order valence-electron chi connectivity index (χ0n) is 8.62. The highest BCUT2D eigenvalue weighted by Gasteiger charge is 2.19. The molecule has 0 radical (unpaired) electrons. The monoisotopic (exact) mass is 266 g/mol. The van der Waals surface area contributed by atoms with Crippen LogP contribution in [0.2, 0.25) is 0 Å². The molecule has 0 unspecified atom stereocenters. The summed E-state index contributed by atoms with van der Waals surface area (Å²) in [5, 5.41) is 0. The lowest BCUT2D eigenvalue weighted by atomic mass is 10.1. The summed E-state index contributed by atoms with van der Waals surface area (Å²) in [5.74, 6) is 0.0203. The van der Waals surface area contributed by atoms with Crippen LogP contribution >= 0.6 is 15.9 Å². The topological polar surface area (TPSA) is 32.7 Å². The van der Waals surface area contributed by atoms with Gasteiger partial charge in [-0.25, -0.2) is 0 Å². The van der Waals surface area contributed by atoms with E-state index in [1.54, 1.807) is 11.9 Å². The lowest BCUT2D eigenvalue weighted by molar-refractivity contribution is 0.0817. The van der Waals surface area contributed by atoms with Gasteiger partial charge in [0.05, 0.1) is 17.8 Å². The molecule has 15 heavy (non-hydrogen) atoms. The summed E-state index contributed by atoms with van der Waals surface area (Å²) in [6.07, 6.45) is 0. The quantitative estimate of drug-likeness (QED) is 0.711. The summed E-state index contributed by atoms with van der Waals surface area (Å²) in [7, 11) is 1.79. The summed E-state index contributed by atoms with van der Waals surface area (Å²) >= 11 is 3.36. The van der Waals surface area contributed by atoms with E-state index in [2.05, 4.69) is 20.9 Å². The van der Waals surface area contributed by atoms with Gasteiger partial charge in [0, 0.05) is 17.2 Å². The van der Waals surface area contributed by atoms with Crippen LogP contribution < -0.4 is 0 Å². The van der Waals surface area contributed by atoms with Gasteiger partial charge in [-0.3, -0.25) is 9.79 Å². The van der Waals surface area contributed by atoms with E-state index in [0.717, 1.165) is 15.9 Å². The minimum Gasteiger partial charge on any atom is -0.336 e. The van der Waals surface area contributed by atoms with Crippen molar-refractivity contribution in [3.05, 3.63) is 28.2 Å². The zero-order valence-corrected chi connectivity index (χ0v) is 10.2. The SMILES string of the molecule is CC1=Nc2ccc(Br)cc2C(=O)N(C)C1. The molecule has 4 heteroatoms. The van der Waals surface area contributed by atoms with E-state index in [1.807, 2.05) is 25.1 Å². The lowest BCUT2D eigenvalue weighted by Crippen LogP contribution is -2.29. The Balaban J connectivity index is 2.61. The summed E-state index contributed by atoms with van der Waals surface area (Å²) in [6, 6.07) is 5.57. The number of fused-ring (bicyclic) bond motifs is 1. The second-order valence-corrected chi connectivity index (χ2v) is 4.59. The van der Waals surface area contributed by atoms with Crippen molar-refractivity contribution in [2.24, 2.45) is 4.99 Å². The number of amides is 1. The Morgan fingerprint density at radius 2 is 2.20 bits per heavy atom. The maximum absolute atomic E-state index is 12.0. The Labute approximate surface area is 96.9 Å². The minimum atomic E-state index is 0.0203. The fourth-order valence-corrected chi connectivity index (χ4v) is 2.00. The van der Waals surface area contributed by atoms with E-state index >= 15 is 0 Å². The zero-order chi connectivity index (χ0) is 11.0. The summed E-state index contributed by atoms with van der Waals surface area (Å²) in [6.45, 7) is 2.52. The number of benzene rings is 1. The third-order valence-corrected chi connectivity index (χ3v) is 2.81. The van der Waals surface area contributed by atoms with Crippen molar-refractivity contribution >= 4 is 33.2 Å². The van der Waals surface area contributed by atoms with Crippen LogP contribution in [0.25, 0.3) is 0 Å². The Morgan fingerprint density at radius 1 is 1.47 bits per heavy atom. The van der Waals surface area contributed by atoms with Gasteiger partial charge in [-0.2, -0.15) is 0 Å². The maximum Gasteiger partial charge on any atom is 0.256 e. The van der Waals surface area contributed by atoms with Gasteiger partial charge in [-0.05, 0) is 25.1 Å². The summed E-state index contributed by atoms with van der Waals surface area (Å²) < 4.78 is 0.901. The Kier molecular flexibility index (Phi) is 2.61. The second kappa shape index (κ2) is 3.77. The van der Waals surface area contributed by atoms with Gasteiger partial charge < -0.3 is 4.90 Å². The van der Waals surface area contributed by atoms with Crippen LogP contribution in [0, 0.1) is 0 Å². The maximum atomic E-state index is 12.0. The molecule has 0 aliphatic carbocycles. The minimum absolute atomic E-state index is 0.0203. The molecular weight excluding hydrogens is 256 g/mol. The molecule has 0 aromatic heterocycles. The van der Waals surface area contributed by atoms with E-state index < -0.39 is 0 Å². The third kappa shape index (κ3) is 1.95. The van der Waals surface area contributed by atoms with E-state index in [9.17, 15) is 4.79 Å². The first kappa shape index (κ1) is 10.4. The number of nitrogens with zero attached hydrogens (tertiary/aromatic N) is 2. The number of hydrogen-bond acceptors (Lipinski definition) is 2. The molecule has 0 spiro atoms. The first-order chi connectivity index (χ1) is 7.08. The molecule has 1 aliphatic heterocycles. The Bertz CT molecular complexity index is 454. The lowest BCUT2D eigenvalue weighted by Gasteiger charge is -2.14. The molecule has 0 bridgehead atoms. The Morgan fingerprint density at radius 3 is 2.93 bits per heavy atom. The summed E-state index contributed by atoms with van der Waals surface area (Å²) in [4.78, 5) is 18.1. The van der Waals surface area contributed by atoms with Crippen molar-refractivity contribution in [1.29, 1.82) is 0 Å². The molecule has 1 aromatic rings. The average Bonchev–Trinajstić information content (AvgIpc) is 2.27. The normalized spacial score (nSPS) is 15.8. The van der Waals surface area contributed by atoms with Crippen molar-refractivity contribution in [2.45, 2.75) is 6.92 Å². The first-order valence-corrected chi connectivity index (χ1v) is 5.46. The van der Waals surface area contributed by atoms with E-state index in [-0.39, 0.29) is 5.91 Å².